The van der Waals surface area contributed by atoms with E-state index in [1.807, 2.05) is 0 Å². The molecule has 1 saturated carbocycles. The fourth-order valence-electron chi connectivity index (χ4n) is 2.72. The second-order valence-corrected chi connectivity index (χ2v) is 5.02. The molecule has 1 aliphatic rings. The summed E-state index contributed by atoms with van der Waals surface area (Å²) in [6.45, 7) is 7.97. The lowest BCUT2D eigenvalue weighted by Crippen LogP contribution is -2.31. The van der Waals surface area contributed by atoms with E-state index in [1.54, 1.807) is 0 Å². The van der Waals surface area contributed by atoms with Gasteiger partial charge in [-0.15, -0.1) is 0 Å². The van der Waals surface area contributed by atoms with Gasteiger partial charge in [-0.2, -0.15) is 0 Å². The Morgan fingerprint density at radius 2 is 2.00 bits per heavy atom. The van der Waals surface area contributed by atoms with Crippen molar-refractivity contribution in [2.75, 3.05) is 6.54 Å². The average molecular weight is 155 g/mol. The molecule has 0 amide bonds. The van der Waals surface area contributed by atoms with Gasteiger partial charge in [0.2, 0.25) is 0 Å². The molecule has 0 aromatic heterocycles. The van der Waals surface area contributed by atoms with Crippen LogP contribution in [0.25, 0.3) is 0 Å². The molecule has 1 nitrogen and oxygen atoms in total. The van der Waals surface area contributed by atoms with E-state index in [0.717, 1.165) is 18.4 Å². The first-order valence-corrected chi connectivity index (χ1v) is 4.73. The van der Waals surface area contributed by atoms with Gasteiger partial charge in [-0.25, -0.2) is 0 Å². The van der Waals surface area contributed by atoms with Crippen molar-refractivity contribution in [3.8, 4) is 0 Å². The zero-order chi connectivity index (χ0) is 8.48. The van der Waals surface area contributed by atoms with Crippen molar-refractivity contribution >= 4 is 0 Å². The standard InChI is InChI=1S/C10H21N/c1-8-4-9(7-11)6-10(2,3)5-8/h8-9H,4-7,11H2,1-3H3/t8-,9+/m0/s1. The molecule has 0 aromatic rings. The lowest BCUT2D eigenvalue weighted by atomic mass is 9.68. The average Bonchev–Trinajstić information content (AvgIpc) is 1.83. The molecule has 1 rings (SSSR count). The zero-order valence-electron chi connectivity index (χ0n) is 8.06. The van der Waals surface area contributed by atoms with Gasteiger partial charge >= 0.3 is 0 Å². The van der Waals surface area contributed by atoms with Gasteiger partial charge in [0.25, 0.3) is 0 Å². The number of hydrogen-bond acceptors (Lipinski definition) is 1. The smallest absolute Gasteiger partial charge is 0.00486 e. The van der Waals surface area contributed by atoms with Gasteiger partial charge in [0.15, 0.2) is 0 Å². The summed E-state index contributed by atoms with van der Waals surface area (Å²) in [6, 6.07) is 0. The summed E-state index contributed by atoms with van der Waals surface area (Å²) in [5, 5.41) is 0. The van der Waals surface area contributed by atoms with E-state index in [9.17, 15) is 0 Å². The van der Waals surface area contributed by atoms with Crippen molar-refractivity contribution < 1.29 is 0 Å². The highest BCUT2D eigenvalue weighted by molar-refractivity contribution is 4.82. The summed E-state index contributed by atoms with van der Waals surface area (Å²) in [5.74, 6) is 1.67. The lowest BCUT2D eigenvalue weighted by Gasteiger charge is -2.38. The molecule has 0 saturated heterocycles. The Morgan fingerprint density at radius 3 is 2.45 bits per heavy atom. The molecule has 0 aliphatic heterocycles. The van der Waals surface area contributed by atoms with Gasteiger partial charge in [-0.3, -0.25) is 0 Å². The van der Waals surface area contributed by atoms with Crippen molar-refractivity contribution in [3.63, 3.8) is 0 Å². The molecule has 0 radical (unpaired) electrons. The molecule has 2 atom stereocenters. The Hall–Kier alpha value is -0.0400. The Morgan fingerprint density at radius 1 is 1.36 bits per heavy atom. The van der Waals surface area contributed by atoms with Crippen molar-refractivity contribution in [3.05, 3.63) is 0 Å². The third-order valence-electron chi connectivity index (χ3n) is 2.81. The maximum atomic E-state index is 5.69. The molecule has 0 spiro atoms. The Balaban J connectivity index is 2.51. The van der Waals surface area contributed by atoms with Crippen molar-refractivity contribution in [2.24, 2.45) is 23.0 Å². The molecule has 0 heterocycles. The topological polar surface area (TPSA) is 26.0 Å². The lowest BCUT2D eigenvalue weighted by molar-refractivity contribution is 0.137. The van der Waals surface area contributed by atoms with Crippen LogP contribution >= 0.6 is 0 Å². The van der Waals surface area contributed by atoms with E-state index in [0.29, 0.717) is 5.41 Å². The summed E-state index contributed by atoms with van der Waals surface area (Å²) in [7, 11) is 0. The molecular weight excluding hydrogens is 134 g/mol. The van der Waals surface area contributed by atoms with Crippen LogP contribution in [0.4, 0.5) is 0 Å². The van der Waals surface area contributed by atoms with Crippen LogP contribution in [0.2, 0.25) is 0 Å². The van der Waals surface area contributed by atoms with E-state index in [-0.39, 0.29) is 0 Å². The zero-order valence-corrected chi connectivity index (χ0v) is 8.06. The first kappa shape index (κ1) is 9.05. The first-order chi connectivity index (χ1) is 5.03. The minimum absolute atomic E-state index is 0.543. The van der Waals surface area contributed by atoms with Crippen LogP contribution in [0, 0.1) is 17.3 Å². The van der Waals surface area contributed by atoms with E-state index in [4.69, 9.17) is 5.73 Å². The third kappa shape index (κ3) is 2.48. The molecule has 1 fully saturated rings. The minimum Gasteiger partial charge on any atom is -0.330 e. The molecule has 1 heteroatoms. The van der Waals surface area contributed by atoms with Crippen LogP contribution in [0.3, 0.4) is 0 Å². The number of rotatable bonds is 1. The predicted octanol–water partition coefficient (Wildman–Crippen LogP) is 2.41. The fraction of sp³-hybridized carbons (Fsp3) is 1.00. The number of nitrogens with two attached hydrogens (primary N) is 1. The van der Waals surface area contributed by atoms with Gasteiger partial charge < -0.3 is 5.73 Å². The van der Waals surface area contributed by atoms with Crippen molar-refractivity contribution in [2.45, 2.75) is 40.0 Å². The van der Waals surface area contributed by atoms with Crippen LogP contribution in [0.15, 0.2) is 0 Å². The van der Waals surface area contributed by atoms with E-state index < -0.39 is 0 Å². The van der Waals surface area contributed by atoms with Gasteiger partial charge in [0, 0.05) is 0 Å². The van der Waals surface area contributed by atoms with Crippen LogP contribution in [-0.4, -0.2) is 6.54 Å². The molecule has 0 unspecified atom stereocenters. The first-order valence-electron chi connectivity index (χ1n) is 4.73. The monoisotopic (exact) mass is 155 g/mol. The molecule has 0 aromatic carbocycles. The normalized spacial score (nSPS) is 37.1. The van der Waals surface area contributed by atoms with E-state index in [1.165, 1.54) is 19.3 Å². The Kier molecular flexibility index (Phi) is 2.58. The van der Waals surface area contributed by atoms with Crippen LogP contribution < -0.4 is 5.73 Å². The fourth-order valence-corrected chi connectivity index (χ4v) is 2.72. The Bertz CT molecular complexity index is 129. The molecule has 0 bridgehead atoms. The predicted molar refractivity (Wildman–Crippen MR) is 49.3 cm³/mol. The SMILES string of the molecule is C[C@H]1C[C@@H](CN)CC(C)(C)C1. The van der Waals surface area contributed by atoms with Gasteiger partial charge in [-0.05, 0) is 43.1 Å². The highest BCUT2D eigenvalue weighted by atomic mass is 14.6. The largest absolute Gasteiger partial charge is 0.330 e. The molecule has 66 valence electrons. The molecule has 2 N–H and O–H groups in total. The van der Waals surface area contributed by atoms with Crippen LogP contribution in [-0.2, 0) is 0 Å². The van der Waals surface area contributed by atoms with Crippen LogP contribution in [0.5, 0.6) is 0 Å². The summed E-state index contributed by atoms with van der Waals surface area (Å²) >= 11 is 0. The highest BCUT2D eigenvalue weighted by Crippen LogP contribution is 2.40. The van der Waals surface area contributed by atoms with Crippen molar-refractivity contribution in [1.29, 1.82) is 0 Å². The molecule has 11 heavy (non-hydrogen) atoms. The Labute approximate surface area is 70.4 Å². The molecule has 1 aliphatic carbocycles. The number of hydrogen-bond donors (Lipinski definition) is 1. The molecular formula is C10H21N. The van der Waals surface area contributed by atoms with Crippen LogP contribution in [0.1, 0.15) is 40.0 Å². The van der Waals surface area contributed by atoms with E-state index >= 15 is 0 Å². The van der Waals surface area contributed by atoms with E-state index in [2.05, 4.69) is 20.8 Å². The maximum absolute atomic E-state index is 5.69. The van der Waals surface area contributed by atoms with Gasteiger partial charge in [0.1, 0.15) is 0 Å². The second kappa shape index (κ2) is 3.14. The highest BCUT2D eigenvalue weighted by Gasteiger charge is 2.30. The summed E-state index contributed by atoms with van der Waals surface area (Å²) < 4.78 is 0. The maximum Gasteiger partial charge on any atom is -0.00486 e. The quantitative estimate of drug-likeness (QED) is 0.618. The van der Waals surface area contributed by atoms with Crippen molar-refractivity contribution in [1.82, 2.24) is 0 Å². The minimum atomic E-state index is 0.543. The van der Waals surface area contributed by atoms with Gasteiger partial charge in [-0.1, -0.05) is 20.8 Å². The summed E-state index contributed by atoms with van der Waals surface area (Å²) in [4.78, 5) is 0. The summed E-state index contributed by atoms with van der Waals surface area (Å²) in [6.07, 6.45) is 4.05. The summed E-state index contributed by atoms with van der Waals surface area (Å²) in [5.41, 5.74) is 6.23. The van der Waals surface area contributed by atoms with Gasteiger partial charge in [0.05, 0.1) is 0 Å². The third-order valence-corrected chi connectivity index (χ3v) is 2.81. The second-order valence-electron chi connectivity index (χ2n) is 5.02.